The molecule has 4 amide bonds. The van der Waals surface area contributed by atoms with Gasteiger partial charge in [0.05, 0.1) is 12.6 Å². The Morgan fingerprint density at radius 1 is 1.03 bits per heavy atom. The predicted molar refractivity (Wildman–Crippen MR) is 143 cm³/mol. The fraction of sp³-hybridized carbons (Fsp3) is 0.552. The minimum Gasteiger partial charge on any atom is -0.337 e. The van der Waals surface area contributed by atoms with Crippen LogP contribution in [0.15, 0.2) is 42.5 Å². The molecule has 1 saturated carbocycles. The molecule has 1 unspecified atom stereocenters. The minimum atomic E-state index is -0.558. The number of nitrogens with one attached hydrogen (secondary N) is 1. The largest absolute Gasteiger partial charge is 0.337 e. The first kappa shape index (κ1) is 25.5. The lowest BCUT2D eigenvalue weighted by Gasteiger charge is -2.57. The molecule has 2 saturated heterocycles. The third kappa shape index (κ3) is 4.79. The molecular weight excluding hydrogens is 466 g/mol. The normalized spacial score (nSPS) is 25.5. The van der Waals surface area contributed by atoms with Gasteiger partial charge in [-0.15, -0.1) is 0 Å². The molecule has 8 heteroatoms. The highest BCUT2D eigenvalue weighted by Crippen LogP contribution is 2.37. The molecule has 3 aliphatic rings. The molecule has 8 nitrogen and oxygen atoms in total. The van der Waals surface area contributed by atoms with Crippen LogP contribution in [0.1, 0.15) is 57.9 Å². The van der Waals surface area contributed by atoms with E-state index in [4.69, 9.17) is 0 Å². The summed E-state index contributed by atoms with van der Waals surface area (Å²) >= 11 is 0. The zero-order chi connectivity index (χ0) is 26.1. The average Bonchev–Trinajstić information content (AvgIpc) is 2.89. The van der Waals surface area contributed by atoms with Crippen LogP contribution in [-0.2, 0) is 16.1 Å². The summed E-state index contributed by atoms with van der Waals surface area (Å²) in [5.41, 5.74) is 1.07. The van der Waals surface area contributed by atoms with Gasteiger partial charge in [-0.3, -0.25) is 9.59 Å². The number of nitrogens with zero attached hydrogens (tertiary/aromatic N) is 4. The fourth-order valence-corrected chi connectivity index (χ4v) is 6.58. The third-order valence-electron chi connectivity index (χ3n) is 8.42. The second-order valence-corrected chi connectivity index (χ2v) is 10.8. The maximum Gasteiger partial charge on any atom is 0.333 e. The lowest BCUT2D eigenvalue weighted by molar-refractivity contribution is -0.197. The number of carbonyl (C=O) groups is 3. The first-order chi connectivity index (χ1) is 17.9. The fourth-order valence-electron chi connectivity index (χ4n) is 6.58. The van der Waals surface area contributed by atoms with E-state index in [1.807, 2.05) is 36.9 Å². The summed E-state index contributed by atoms with van der Waals surface area (Å²) in [5, 5.41) is 8.53. The van der Waals surface area contributed by atoms with E-state index in [0.717, 1.165) is 29.2 Å². The first-order valence-corrected chi connectivity index (χ1v) is 13.8. The van der Waals surface area contributed by atoms with Crippen molar-refractivity contribution >= 4 is 28.6 Å². The zero-order valence-electron chi connectivity index (χ0n) is 22.2. The molecule has 37 heavy (non-hydrogen) atoms. The van der Waals surface area contributed by atoms with Crippen molar-refractivity contribution < 1.29 is 14.4 Å². The van der Waals surface area contributed by atoms with E-state index in [0.29, 0.717) is 25.4 Å². The van der Waals surface area contributed by atoms with Gasteiger partial charge in [-0.1, -0.05) is 74.6 Å². The summed E-state index contributed by atoms with van der Waals surface area (Å²) < 4.78 is 0. The van der Waals surface area contributed by atoms with E-state index in [1.54, 1.807) is 22.0 Å². The highest BCUT2D eigenvalue weighted by molar-refractivity contribution is 5.92. The average molecular weight is 506 g/mol. The van der Waals surface area contributed by atoms with Gasteiger partial charge < -0.3 is 15.1 Å². The summed E-state index contributed by atoms with van der Waals surface area (Å²) in [6, 6.07) is 13.2. The Kier molecular flexibility index (Phi) is 7.38. The number of hydrogen-bond acceptors (Lipinski definition) is 4. The van der Waals surface area contributed by atoms with Crippen molar-refractivity contribution in [1.82, 2.24) is 25.1 Å². The molecule has 2 aromatic carbocycles. The SMILES string of the molecule is CCNC(=O)N1C2[C@H](C)N(Cc3cccc4ccccc34)C(=O)[C@H](CC3CCCCC3)N2C(=O)CN1C. The summed E-state index contributed by atoms with van der Waals surface area (Å²) in [6.45, 7) is 4.86. The van der Waals surface area contributed by atoms with Crippen molar-refractivity contribution in [2.45, 2.75) is 77.2 Å². The van der Waals surface area contributed by atoms with Crippen molar-refractivity contribution in [3.05, 3.63) is 48.0 Å². The van der Waals surface area contributed by atoms with Gasteiger partial charge in [0.2, 0.25) is 11.8 Å². The number of piperazine rings is 1. The molecular formula is C29H39N5O3. The minimum absolute atomic E-state index is 0.00369. The number of amides is 4. The number of rotatable bonds is 5. The molecule has 5 rings (SSSR count). The van der Waals surface area contributed by atoms with Gasteiger partial charge in [0.15, 0.2) is 0 Å². The molecule has 1 aliphatic carbocycles. The smallest absolute Gasteiger partial charge is 0.333 e. The van der Waals surface area contributed by atoms with Crippen molar-refractivity contribution in [3.63, 3.8) is 0 Å². The molecule has 0 spiro atoms. The molecule has 0 radical (unpaired) electrons. The van der Waals surface area contributed by atoms with Gasteiger partial charge in [-0.05, 0) is 42.5 Å². The van der Waals surface area contributed by atoms with Gasteiger partial charge in [0.1, 0.15) is 12.2 Å². The van der Waals surface area contributed by atoms with Gasteiger partial charge in [-0.2, -0.15) is 0 Å². The second kappa shape index (κ2) is 10.7. The van der Waals surface area contributed by atoms with Crippen molar-refractivity contribution in [1.29, 1.82) is 0 Å². The van der Waals surface area contributed by atoms with Crippen LogP contribution in [0, 0.1) is 5.92 Å². The second-order valence-electron chi connectivity index (χ2n) is 10.8. The zero-order valence-corrected chi connectivity index (χ0v) is 22.2. The van der Waals surface area contributed by atoms with E-state index in [2.05, 4.69) is 29.6 Å². The highest BCUT2D eigenvalue weighted by Gasteiger charge is 2.54. The molecule has 2 aromatic rings. The molecule has 0 bridgehead atoms. The molecule has 2 heterocycles. The van der Waals surface area contributed by atoms with E-state index in [1.165, 1.54) is 19.3 Å². The van der Waals surface area contributed by atoms with Crippen LogP contribution in [0.2, 0.25) is 0 Å². The molecule has 0 aromatic heterocycles. The first-order valence-electron chi connectivity index (χ1n) is 13.8. The molecule has 3 fully saturated rings. The van der Waals surface area contributed by atoms with Crippen LogP contribution >= 0.6 is 0 Å². The van der Waals surface area contributed by atoms with E-state index in [9.17, 15) is 14.4 Å². The Balaban J connectivity index is 1.54. The van der Waals surface area contributed by atoms with E-state index >= 15 is 0 Å². The molecule has 2 aliphatic heterocycles. The topological polar surface area (TPSA) is 76.2 Å². The van der Waals surface area contributed by atoms with Crippen molar-refractivity contribution in [3.8, 4) is 0 Å². The number of urea groups is 1. The Morgan fingerprint density at radius 2 is 1.76 bits per heavy atom. The summed E-state index contributed by atoms with van der Waals surface area (Å²) in [6.07, 6.45) is 5.87. The van der Waals surface area contributed by atoms with Crippen molar-refractivity contribution in [2.24, 2.45) is 5.92 Å². The Labute approximate surface area is 219 Å². The van der Waals surface area contributed by atoms with Crippen molar-refractivity contribution in [2.75, 3.05) is 20.1 Å². The maximum absolute atomic E-state index is 14.2. The van der Waals surface area contributed by atoms with Gasteiger partial charge in [0.25, 0.3) is 0 Å². The molecule has 198 valence electrons. The number of hydrogen-bond donors (Lipinski definition) is 1. The van der Waals surface area contributed by atoms with Gasteiger partial charge >= 0.3 is 6.03 Å². The lowest BCUT2D eigenvalue weighted by atomic mass is 9.83. The van der Waals surface area contributed by atoms with Gasteiger partial charge in [-0.25, -0.2) is 14.8 Å². The number of hydrazine groups is 1. The monoisotopic (exact) mass is 505 g/mol. The highest BCUT2D eigenvalue weighted by atomic mass is 16.2. The van der Waals surface area contributed by atoms with E-state index < -0.39 is 12.2 Å². The summed E-state index contributed by atoms with van der Waals surface area (Å²) in [7, 11) is 1.78. The Hall–Kier alpha value is -3.13. The Bertz CT molecular complexity index is 1160. The third-order valence-corrected chi connectivity index (χ3v) is 8.42. The Morgan fingerprint density at radius 3 is 2.51 bits per heavy atom. The number of carbonyl (C=O) groups excluding carboxylic acids is 3. The lowest BCUT2D eigenvalue weighted by Crippen LogP contribution is -2.78. The van der Waals surface area contributed by atoms with Crippen LogP contribution in [0.25, 0.3) is 10.8 Å². The van der Waals surface area contributed by atoms with Crippen LogP contribution in [0.5, 0.6) is 0 Å². The predicted octanol–water partition coefficient (Wildman–Crippen LogP) is 3.96. The standard InChI is InChI=1S/C29H39N5O3/c1-4-30-29(37)34-27-20(2)32(18-23-15-10-14-22-13-8-9-16-24(22)23)28(36)25(17-21-11-6-5-7-12-21)33(27)26(35)19-31(34)3/h8-10,13-16,20-21,25,27H,4-7,11-12,17-19H2,1-3H3,(H,30,37)/t20-,25-,27?/m0/s1. The van der Waals surface area contributed by atoms with Gasteiger partial charge in [0, 0.05) is 20.1 Å². The molecule has 3 atom stereocenters. The number of fused-ring (bicyclic) bond motifs is 2. The summed E-state index contributed by atoms with van der Waals surface area (Å²) in [5.74, 6) is 0.330. The van der Waals surface area contributed by atoms with Crippen LogP contribution < -0.4 is 5.32 Å². The quantitative estimate of drug-likeness (QED) is 0.668. The van der Waals surface area contributed by atoms with Crippen LogP contribution in [0.4, 0.5) is 4.79 Å². The van der Waals surface area contributed by atoms with Crippen LogP contribution in [0.3, 0.4) is 0 Å². The van der Waals surface area contributed by atoms with Crippen LogP contribution in [-0.4, -0.2) is 76.0 Å². The maximum atomic E-state index is 14.2. The molecule has 1 N–H and O–H groups in total. The van der Waals surface area contributed by atoms with E-state index in [-0.39, 0.29) is 30.4 Å². The number of benzene rings is 2. The number of likely N-dealkylation sites (N-methyl/N-ethyl adjacent to an activating group) is 1. The summed E-state index contributed by atoms with van der Waals surface area (Å²) in [4.78, 5) is 44.7.